The van der Waals surface area contributed by atoms with Crippen LogP contribution >= 0.6 is 0 Å². The van der Waals surface area contributed by atoms with E-state index in [4.69, 9.17) is 0 Å². The van der Waals surface area contributed by atoms with Crippen molar-refractivity contribution in [2.75, 3.05) is 23.2 Å². The minimum atomic E-state index is -3.69. The summed E-state index contributed by atoms with van der Waals surface area (Å²) in [4.78, 5) is 6.62. The van der Waals surface area contributed by atoms with Crippen molar-refractivity contribution in [1.29, 1.82) is 0 Å². The third kappa shape index (κ3) is 2.75. The smallest absolute Gasteiger partial charge is 0.264 e. The van der Waals surface area contributed by atoms with Crippen molar-refractivity contribution >= 4 is 21.7 Å². The van der Waals surface area contributed by atoms with Crippen LogP contribution in [0.2, 0.25) is 0 Å². The largest absolute Gasteiger partial charge is 0.374 e. The Labute approximate surface area is 141 Å². The lowest BCUT2D eigenvalue weighted by molar-refractivity contribution is 0.402. The van der Waals surface area contributed by atoms with Crippen LogP contribution < -0.4 is 9.62 Å². The number of aryl methyl sites for hydroxylation is 1. The van der Waals surface area contributed by atoms with Gasteiger partial charge in [-0.15, -0.1) is 5.10 Å². The fourth-order valence-corrected chi connectivity index (χ4v) is 4.23. The lowest BCUT2D eigenvalue weighted by atomic mass is 9.85. The number of hydrogen-bond acceptors (Lipinski definition) is 5. The molecular weight excluding hydrogens is 326 g/mol. The number of benzene rings is 1. The van der Waals surface area contributed by atoms with Crippen LogP contribution in [0.1, 0.15) is 43.0 Å². The van der Waals surface area contributed by atoms with Gasteiger partial charge in [0.1, 0.15) is 5.82 Å². The van der Waals surface area contributed by atoms with Gasteiger partial charge in [-0.2, -0.15) is 4.98 Å². The van der Waals surface area contributed by atoms with Crippen LogP contribution in [0.15, 0.2) is 23.1 Å². The van der Waals surface area contributed by atoms with Crippen LogP contribution in [0, 0.1) is 0 Å². The molecule has 1 aromatic carbocycles. The third-order valence-electron chi connectivity index (χ3n) is 4.94. The van der Waals surface area contributed by atoms with Crippen molar-refractivity contribution in [1.82, 2.24) is 15.2 Å². The monoisotopic (exact) mass is 347 g/mol. The molecule has 1 aliphatic heterocycles. The van der Waals surface area contributed by atoms with Gasteiger partial charge in [-0.05, 0) is 43.4 Å². The van der Waals surface area contributed by atoms with Crippen molar-refractivity contribution in [2.45, 2.75) is 42.9 Å². The molecule has 1 aromatic heterocycles. The number of aromatic nitrogens is 3. The van der Waals surface area contributed by atoms with E-state index < -0.39 is 10.0 Å². The van der Waals surface area contributed by atoms with Gasteiger partial charge >= 0.3 is 0 Å². The van der Waals surface area contributed by atoms with Gasteiger partial charge in [-0.1, -0.05) is 12.5 Å². The van der Waals surface area contributed by atoms with Gasteiger partial charge < -0.3 is 4.90 Å². The zero-order chi connectivity index (χ0) is 16.7. The number of rotatable bonds is 4. The van der Waals surface area contributed by atoms with Crippen molar-refractivity contribution in [3.63, 3.8) is 0 Å². The highest BCUT2D eigenvalue weighted by Gasteiger charge is 2.25. The first-order valence-electron chi connectivity index (χ1n) is 8.32. The molecule has 2 aromatic rings. The predicted octanol–water partition coefficient (Wildman–Crippen LogP) is 2.26. The van der Waals surface area contributed by atoms with Crippen LogP contribution in [-0.4, -0.2) is 37.2 Å². The molecule has 2 heterocycles. The molecule has 1 aliphatic carbocycles. The number of anilines is 2. The Morgan fingerprint density at radius 1 is 1.29 bits per heavy atom. The zero-order valence-electron chi connectivity index (χ0n) is 13.6. The second-order valence-electron chi connectivity index (χ2n) is 6.59. The highest BCUT2D eigenvalue weighted by molar-refractivity contribution is 7.92. The molecule has 4 rings (SSSR count). The van der Waals surface area contributed by atoms with Gasteiger partial charge in [0.25, 0.3) is 16.0 Å². The maximum Gasteiger partial charge on any atom is 0.264 e. The number of H-pyrrole nitrogens is 1. The Kier molecular flexibility index (Phi) is 3.71. The maximum atomic E-state index is 12.6. The zero-order valence-corrected chi connectivity index (χ0v) is 14.4. The topological polar surface area (TPSA) is 91.0 Å². The predicted molar refractivity (Wildman–Crippen MR) is 91.8 cm³/mol. The molecule has 2 N–H and O–H groups in total. The molecule has 0 unspecified atom stereocenters. The lowest BCUT2D eigenvalue weighted by Gasteiger charge is -2.27. The van der Waals surface area contributed by atoms with Crippen molar-refractivity contribution in [3.05, 3.63) is 29.6 Å². The molecular formula is C16H21N5O2S. The van der Waals surface area contributed by atoms with E-state index >= 15 is 0 Å². The normalized spacial score (nSPS) is 18.1. The molecule has 0 radical (unpaired) electrons. The van der Waals surface area contributed by atoms with Gasteiger partial charge in [0.05, 0.1) is 4.90 Å². The van der Waals surface area contributed by atoms with Crippen molar-refractivity contribution < 1.29 is 8.42 Å². The summed E-state index contributed by atoms with van der Waals surface area (Å²) in [7, 11) is -1.70. The van der Waals surface area contributed by atoms with Crippen LogP contribution in [0.3, 0.4) is 0 Å². The second kappa shape index (κ2) is 5.77. The number of nitrogens with zero attached hydrogens (tertiary/aromatic N) is 3. The summed E-state index contributed by atoms with van der Waals surface area (Å²) in [5, 5.41) is 6.84. The molecule has 7 nitrogen and oxygen atoms in total. The van der Waals surface area contributed by atoms with Gasteiger partial charge in [-0.25, -0.2) is 13.1 Å². The van der Waals surface area contributed by atoms with Crippen LogP contribution in [0.25, 0.3) is 0 Å². The molecule has 0 atom stereocenters. The van der Waals surface area contributed by atoms with E-state index in [1.807, 2.05) is 13.1 Å². The van der Waals surface area contributed by atoms with E-state index in [1.54, 1.807) is 12.1 Å². The summed E-state index contributed by atoms with van der Waals surface area (Å²) in [6.45, 7) is 0.940. The summed E-state index contributed by atoms with van der Waals surface area (Å²) in [5.74, 6) is 1.26. The molecule has 1 saturated carbocycles. The van der Waals surface area contributed by atoms with Gasteiger partial charge in [0.15, 0.2) is 0 Å². The summed E-state index contributed by atoms with van der Waals surface area (Å²) < 4.78 is 27.7. The number of aromatic amines is 1. The molecule has 0 amide bonds. The number of hydrogen-bond donors (Lipinski definition) is 2. The fourth-order valence-electron chi connectivity index (χ4n) is 3.27. The Balaban J connectivity index is 1.58. The molecule has 1 fully saturated rings. The van der Waals surface area contributed by atoms with Crippen molar-refractivity contribution in [2.24, 2.45) is 0 Å². The third-order valence-corrected chi connectivity index (χ3v) is 6.26. The fraction of sp³-hybridized carbons (Fsp3) is 0.500. The van der Waals surface area contributed by atoms with Crippen LogP contribution in [0.5, 0.6) is 0 Å². The average molecular weight is 347 g/mol. The summed E-state index contributed by atoms with van der Waals surface area (Å²) in [5.41, 5.74) is 2.17. The molecule has 0 spiro atoms. The average Bonchev–Trinajstić information content (AvgIpc) is 2.92. The summed E-state index contributed by atoms with van der Waals surface area (Å²) in [6, 6.07) is 5.29. The Morgan fingerprint density at radius 2 is 2.12 bits per heavy atom. The van der Waals surface area contributed by atoms with Gasteiger partial charge in [-0.3, -0.25) is 5.10 Å². The van der Waals surface area contributed by atoms with Crippen LogP contribution in [0.4, 0.5) is 11.6 Å². The Hall–Kier alpha value is -2.09. The SMILES string of the molecule is CN1CCCc2ccc(S(=O)(=O)Nc3n[nH]c(C4CCC4)n3)cc21. The number of fused-ring (bicyclic) bond motifs is 1. The molecule has 8 heteroatoms. The first kappa shape index (κ1) is 15.4. The van der Waals surface area contributed by atoms with Crippen LogP contribution in [-0.2, 0) is 16.4 Å². The van der Waals surface area contributed by atoms with Crippen molar-refractivity contribution in [3.8, 4) is 0 Å². The van der Waals surface area contributed by atoms with E-state index in [1.165, 1.54) is 12.0 Å². The van der Waals surface area contributed by atoms with E-state index in [0.717, 1.165) is 43.7 Å². The molecule has 0 bridgehead atoms. The highest BCUT2D eigenvalue weighted by atomic mass is 32.2. The van der Waals surface area contributed by atoms with E-state index in [-0.39, 0.29) is 10.8 Å². The first-order chi connectivity index (χ1) is 11.5. The molecule has 2 aliphatic rings. The molecule has 128 valence electrons. The molecule has 0 saturated heterocycles. The number of nitrogens with one attached hydrogen (secondary N) is 2. The minimum Gasteiger partial charge on any atom is -0.374 e. The van der Waals surface area contributed by atoms with E-state index in [9.17, 15) is 8.42 Å². The quantitative estimate of drug-likeness (QED) is 0.885. The van der Waals surface area contributed by atoms with Gasteiger partial charge in [0, 0.05) is 25.2 Å². The maximum absolute atomic E-state index is 12.6. The summed E-state index contributed by atoms with van der Waals surface area (Å²) >= 11 is 0. The molecule has 24 heavy (non-hydrogen) atoms. The standard InChI is InChI=1S/C16H21N5O2S/c1-21-9-3-6-11-7-8-13(10-14(11)21)24(22,23)20-16-17-15(18-19-16)12-4-2-5-12/h7-8,10,12H,2-6,9H2,1H3,(H2,17,18,19,20). The Morgan fingerprint density at radius 3 is 2.88 bits per heavy atom. The Bertz CT molecular complexity index is 857. The first-order valence-corrected chi connectivity index (χ1v) is 9.80. The number of sulfonamides is 1. The van der Waals surface area contributed by atoms with Gasteiger partial charge in [0.2, 0.25) is 0 Å². The van der Waals surface area contributed by atoms with E-state index in [0.29, 0.717) is 5.92 Å². The minimum absolute atomic E-state index is 0.114. The highest BCUT2D eigenvalue weighted by Crippen LogP contribution is 2.34. The second-order valence-corrected chi connectivity index (χ2v) is 8.28. The lowest BCUT2D eigenvalue weighted by Crippen LogP contribution is -2.25. The van der Waals surface area contributed by atoms with E-state index in [2.05, 4.69) is 24.8 Å². The summed E-state index contributed by atoms with van der Waals surface area (Å²) in [6.07, 6.45) is 5.43.